The average molecular weight is 295 g/mol. The summed E-state index contributed by atoms with van der Waals surface area (Å²) in [5.74, 6) is 1.53. The summed E-state index contributed by atoms with van der Waals surface area (Å²) >= 11 is 0. The van der Waals surface area contributed by atoms with Crippen molar-refractivity contribution in [1.82, 2.24) is 15.1 Å². The van der Waals surface area contributed by atoms with Crippen molar-refractivity contribution < 1.29 is 9.26 Å². The van der Waals surface area contributed by atoms with Crippen LogP contribution < -0.4 is 0 Å². The summed E-state index contributed by atoms with van der Waals surface area (Å²) in [6.07, 6.45) is 0.955. The highest BCUT2D eigenvalue weighted by Gasteiger charge is 2.23. The van der Waals surface area contributed by atoms with Gasteiger partial charge < -0.3 is 9.26 Å². The van der Waals surface area contributed by atoms with Gasteiger partial charge in [-0.1, -0.05) is 11.2 Å². The standard InChI is InChI=1S/C17H17N3O2/c1-10-7-11(2)18-15-8-12(3-4-14(10)15)17-19-16(20-22-17)13-5-6-21-9-13/h3-4,7-8,13H,5-6,9H2,1-2H3/t13-/m0/s1. The molecule has 0 aliphatic carbocycles. The van der Waals surface area contributed by atoms with E-state index in [4.69, 9.17) is 9.26 Å². The molecule has 1 aromatic carbocycles. The van der Waals surface area contributed by atoms with Crippen LogP contribution in [-0.4, -0.2) is 28.3 Å². The number of ether oxygens (including phenoxy) is 1. The van der Waals surface area contributed by atoms with Crippen LogP contribution in [-0.2, 0) is 4.74 Å². The number of rotatable bonds is 2. The van der Waals surface area contributed by atoms with Crippen LogP contribution in [0.1, 0.15) is 29.4 Å². The average Bonchev–Trinajstić information content (AvgIpc) is 3.17. The highest BCUT2D eigenvalue weighted by molar-refractivity contribution is 5.85. The Kier molecular flexibility index (Phi) is 3.15. The molecule has 0 saturated carbocycles. The fourth-order valence-electron chi connectivity index (χ4n) is 2.96. The van der Waals surface area contributed by atoms with Gasteiger partial charge in [0.1, 0.15) is 0 Å². The highest BCUT2D eigenvalue weighted by Crippen LogP contribution is 2.28. The van der Waals surface area contributed by atoms with E-state index in [1.54, 1.807) is 0 Å². The van der Waals surface area contributed by atoms with Crippen molar-refractivity contribution in [2.24, 2.45) is 0 Å². The van der Waals surface area contributed by atoms with Crippen molar-refractivity contribution in [2.45, 2.75) is 26.2 Å². The summed E-state index contributed by atoms with van der Waals surface area (Å²) in [7, 11) is 0. The van der Waals surface area contributed by atoms with Crippen LogP contribution in [0.15, 0.2) is 28.8 Å². The van der Waals surface area contributed by atoms with E-state index >= 15 is 0 Å². The molecule has 1 aliphatic rings. The number of nitrogens with zero attached hydrogens (tertiary/aromatic N) is 3. The molecule has 3 aromatic rings. The Labute approximate surface area is 128 Å². The molecule has 1 atom stereocenters. The third-order valence-electron chi connectivity index (χ3n) is 4.13. The Morgan fingerprint density at radius 1 is 1.14 bits per heavy atom. The molecular weight excluding hydrogens is 278 g/mol. The Bertz CT molecular complexity index is 835. The fourth-order valence-corrected chi connectivity index (χ4v) is 2.96. The van der Waals surface area contributed by atoms with Crippen molar-refractivity contribution in [3.63, 3.8) is 0 Å². The molecule has 0 radical (unpaired) electrons. The van der Waals surface area contributed by atoms with Crippen molar-refractivity contribution in [1.29, 1.82) is 0 Å². The van der Waals surface area contributed by atoms with Gasteiger partial charge in [-0.25, -0.2) is 0 Å². The van der Waals surface area contributed by atoms with Crippen LogP contribution in [0, 0.1) is 13.8 Å². The third-order valence-corrected chi connectivity index (χ3v) is 4.13. The van der Waals surface area contributed by atoms with E-state index in [0.29, 0.717) is 12.5 Å². The highest BCUT2D eigenvalue weighted by atomic mass is 16.5. The summed E-state index contributed by atoms with van der Waals surface area (Å²) in [6.45, 7) is 5.55. The van der Waals surface area contributed by atoms with Crippen molar-refractivity contribution in [3.05, 3.63) is 41.3 Å². The van der Waals surface area contributed by atoms with Crippen LogP contribution in [0.5, 0.6) is 0 Å². The molecular formula is C17H17N3O2. The predicted octanol–water partition coefficient (Wildman–Crippen LogP) is 3.41. The van der Waals surface area contributed by atoms with Gasteiger partial charge in [0.15, 0.2) is 5.82 Å². The molecule has 0 unspecified atom stereocenters. The molecule has 0 amide bonds. The summed E-state index contributed by atoms with van der Waals surface area (Å²) in [4.78, 5) is 9.13. The Balaban J connectivity index is 1.74. The zero-order valence-electron chi connectivity index (χ0n) is 12.7. The topological polar surface area (TPSA) is 61.0 Å². The quantitative estimate of drug-likeness (QED) is 0.725. The summed E-state index contributed by atoms with van der Waals surface area (Å²) in [5.41, 5.74) is 4.10. The van der Waals surface area contributed by atoms with Crippen LogP contribution >= 0.6 is 0 Å². The maximum absolute atomic E-state index is 5.43. The smallest absolute Gasteiger partial charge is 0.258 e. The Morgan fingerprint density at radius 3 is 2.86 bits per heavy atom. The van der Waals surface area contributed by atoms with E-state index in [1.807, 2.05) is 19.1 Å². The minimum Gasteiger partial charge on any atom is -0.381 e. The van der Waals surface area contributed by atoms with Crippen LogP contribution in [0.2, 0.25) is 0 Å². The molecule has 1 aliphatic heterocycles. The maximum Gasteiger partial charge on any atom is 0.258 e. The van der Waals surface area contributed by atoms with Gasteiger partial charge in [-0.15, -0.1) is 0 Å². The first kappa shape index (κ1) is 13.4. The molecule has 1 saturated heterocycles. The number of pyridine rings is 1. The summed E-state index contributed by atoms with van der Waals surface area (Å²) in [5, 5.41) is 5.25. The van der Waals surface area contributed by atoms with Crippen molar-refractivity contribution in [3.8, 4) is 11.5 Å². The minimum absolute atomic E-state index is 0.251. The lowest BCUT2D eigenvalue weighted by molar-refractivity contribution is 0.192. The number of hydrogen-bond donors (Lipinski definition) is 0. The lowest BCUT2D eigenvalue weighted by Crippen LogP contribution is -1.99. The van der Waals surface area contributed by atoms with Gasteiger partial charge >= 0.3 is 0 Å². The molecule has 5 nitrogen and oxygen atoms in total. The van der Waals surface area contributed by atoms with E-state index in [1.165, 1.54) is 5.56 Å². The lowest BCUT2D eigenvalue weighted by atomic mass is 10.1. The monoisotopic (exact) mass is 295 g/mol. The van der Waals surface area contributed by atoms with E-state index < -0.39 is 0 Å². The maximum atomic E-state index is 5.43. The molecule has 22 heavy (non-hydrogen) atoms. The number of aryl methyl sites for hydroxylation is 2. The number of fused-ring (bicyclic) bond motifs is 1. The van der Waals surface area contributed by atoms with Gasteiger partial charge in [-0.05, 0) is 44.0 Å². The van der Waals surface area contributed by atoms with Crippen molar-refractivity contribution in [2.75, 3.05) is 13.2 Å². The number of hydrogen-bond acceptors (Lipinski definition) is 5. The van der Waals surface area contributed by atoms with Crippen molar-refractivity contribution >= 4 is 10.9 Å². The first-order valence-electron chi connectivity index (χ1n) is 7.50. The molecule has 0 bridgehead atoms. The fraction of sp³-hybridized carbons (Fsp3) is 0.353. The van der Waals surface area contributed by atoms with Gasteiger partial charge in [0, 0.05) is 29.2 Å². The molecule has 112 valence electrons. The second-order valence-electron chi connectivity index (χ2n) is 5.83. The van der Waals surface area contributed by atoms with E-state index in [0.717, 1.165) is 41.0 Å². The van der Waals surface area contributed by atoms with Gasteiger partial charge in [0.2, 0.25) is 0 Å². The van der Waals surface area contributed by atoms with E-state index in [9.17, 15) is 0 Å². The third kappa shape index (κ3) is 2.27. The molecule has 4 rings (SSSR count). The van der Waals surface area contributed by atoms with Gasteiger partial charge in [-0.3, -0.25) is 4.98 Å². The molecule has 2 aromatic heterocycles. The van der Waals surface area contributed by atoms with Crippen LogP contribution in [0.3, 0.4) is 0 Å². The van der Waals surface area contributed by atoms with E-state index in [2.05, 4.69) is 34.2 Å². The number of benzene rings is 1. The largest absolute Gasteiger partial charge is 0.381 e. The molecule has 3 heterocycles. The minimum atomic E-state index is 0.251. The molecule has 5 heteroatoms. The first-order chi connectivity index (χ1) is 10.7. The first-order valence-corrected chi connectivity index (χ1v) is 7.50. The lowest BCUT2D eigenvalue weighted by Gasteiger charge is -2.04. The zero-order valence-corrected chi connectivity index (χ0v) is 12.7. The SMILES string of the molecule is Cc1cc(C)c2ccc(-c3nc([C@H]4CCOC4)no3)cc2n1. The Hall–Kier alpha value is -2.27. The van der Waals surface area contributed by atoms with Crippen LogP contribution in [0.25, 0.3) is 22.4 Å². The summed E-state index contributed by atoms with van der Waals surface area (Å²) < 4.78 is 10.8. The normalized spacial score (nSPS) is 18.2. The number of aromatic nitrogens is 3. The second kappa shape index (κ2) is 5.18. The van der Waals surface area contributed by atoms with Gasteiger partial charge in [0.25, 0.3) is 5.89 Å². The Morgan fingerprint density at radius 2 is 2.05 bits per heavy atom. The van der Waals surface area contributed by atoms with Gasteiger partial charge in [-0.2, -0.15) is 4.98 Å². The molecule has 0 N–H and O–H groups in total. The zero-order chi connectivity index (χ0) is 15.1. The van der Waals surface area contributed by atoms with Crippen LogP contribution in [0.4, 0.5) is 0 Å². The van der Waals surface area contributed by atoms with E-state index in [-0.39, 0.29) is 5.92 Å². The predicted molar refractivity (Wildman–Crippen MR) is 82.7 cm³/mol. The van der Waals surface area contributed by atoms with Gasteiger partial charge in [0.05, 0.1) is 12.1 Å². The summed E-state index contributed by atoms with van der Waals surface area (Å²) in [6, 6.07) is 8.18. The second-order valence-corrected chi connectivity index (χ2v) is 5.83. The molecule has 0 spiro atoms. The molecule has 1 fully saturated rings.